The summed E-state index contributed by atoms with van der Waals surface area (Å²) in [6, 6.07) is 10.5. The zero-order chi connectivity index (χ0) is 24.8. The van der Waals surface area contributed by atoms with Crippen LogP contribution in [-0.2, 0) is 21.7 Å². The highest BCUT2D eigenvalue weighted by atomic mass is 35.5. The van der Waals surface area contributed by atoms with Gasteiger partial charge in [0.05, 0.1) is 16.9 Å². The molecule has 0 bridgehead atoms. The summed E-state index contributed by atoms with van der Waals surface area (Å²) < 4.78 is 5.63. The van der Waals surface area contributed by atoms with Gasteiger partial charge in [-0.15, -0.1) is 34.7 Å². The van der Waals surface area contributed by atoms with Crippen molar-refractivity contribution in [3.63, 3.8) is 0 Å². The maximum absolute atomic E-state index is 9.95. The molecule has 0 saturated heterocycles. The first-order valence-corrected chi connectivity index (χ1v) is 14.1. The van der Waals surface area contributed by atoms with Crippen LogP contribution in [0.4, 0.5) is 0 Å². The van der Waals surface area contributed by atoms with Crippen LogP contribution in [0.3, 0.4) is 0 Å². The monoisotopic (exact) mass is 521 g/mol. The highest BCUT2D eigenvalue weighted by Crippen LogP contribution is 2.47. The number of hydrogen-bond donors (Lipinski definition) is 2. The molecule has 1 aromatic heterocycles. The molecule has 3 rings (SSSR count). The van der Waals surface area contributed by atoms with E-state index in [4.69, 9.17) is 11.6 Å². The molecule has 0 amide bonds. The number of alkyl halides is 1. The lowest BCUT2D eigenvalue weighted by molar-refractivity contribution is -0.128. The summed E-state index contributed by atoms with van der Waals surface area (Å²) in [6.07, 6.45) is 10.3. The van der Waals surface area contributed by atoms with E-state index in [-0.39, 0.29) is 6.04 Å². The quantitative estimate of drug-likeness (QED) is 0.0794. The summed E-state index contributed by atoms with van der Waals surface area (Å²) in [5, 5.41) is 9.95. The van der Waals surface area contributed by atoms with E-state index in [1.165, 1.54) is 31.3 Å². The number of thioether (sulfide) groups is 1. The molecule has 4 nitrogen and oxygen atoms in total. The van der Waals surface area contributed by atoms with Crippen molar-refractivity contribution in [2.45, 2.75) is 62.5 Å². The van der Waals surface area contributed by atoms with Gasteiger partial charge >= 0.3 is 0 Å². The van der Waals surface area contributed by atoms with Gasteiger partial charge in [-0.05, 0) is 60.8 Å². The van der Waals surface area contributed by atoms with Crippen LogP contribution in [-0.4, -0.2) is 24.2 Å². The Hall–Kier alpha value is -1.57. The van der Waals surface area contributed by atoms with E-state index >= 15 is 0 Å². The molecule has 2 aromatic rings. The SMILES string of the molecule is CC/C=C(\C=C/CCl)C1Cc2c(C)sc(SCc3ccccc3)c2C(NO)C1.CCCOC=O. The molecule has 1 aliphatic carbocycles. The highest BCUT2D eigenvalue weighted by Gasteiger charge is 2.33. The Kier molecular flexibility index (Phi) is 13.6. The summed E-state index contributed by atoms with van der Waals surface area (Å²) in [6.45, 7) is 7.33. The molecule has 0 fully saturated rings. The Morgan fingerprint density at radius 2 is 2.09 bits per heavy atom. The normalized spacial score (nSPS) is 17.7. The lowest BCUT2D eigenvalue weighted by Crippen LogP contribution is -2.28. The van der Waals surface area contributed by atoms with E-state index in [2.05, 4.69) is 66.5 Å². The second-order valence-corrected chi connectivity index (χ2v) is 10.8. The summed E-state index contributed by atoms with van der Waals surface area (Å²) in [5.74, 6) is 1.88. The van der Waals surface area contributed by atoms with Gasteiger partial charge in [-0.1, -0.05) is 62.4 Å². The Morgan fingerprint density at radius 3 is 2.68 bits per heavy atom. The number of benzene rings is 1. The fourth-order valence-electron chi connectivity index (χ4n) is 4.06. The zero-order valence-corrected chi connectivity index (χ0v) is 22.6. The van der Waals surface area contributed by atoms with Crippen molar-refractivity contribution in [1.29, 1.82) is 0 Å². The van der Waals surface area contributed by atoms with E-state index in [1.807, 2.05) is 36.1 Å². The summed E-state index contributed by atoms with van der Waals surface area (Å²) in [4.78, 5) is 10.7. The minimum Gasteiger partial charge on any atom is -0.468 e. The number of carbonyl (C=O) groups is 1. The van der Waals surface area contributed by atoms with Crippen LogP contribution < -0.4 is 5.48 Å². The van der Waals surface area contributed by atoms with Crippen LogP contribution in [0.5, 0.6) is 0 Å². The molecular formula is C27H36ClNO3S2. The largest absolute Gasteiger partial charge is 0.468 e. The lowest BCUT2D eigenvalue weighted by Gasteiger charge is -2.31. The number of allylic oxidation sites excluding steroid dienone is 4. The number of thiophene rings is 1. The van der Waals surface area contributed by atoms with E-state index < -0.39 is 0 Å². The van der Waals surface area contributed by atoms with Crippen molar-refractivity contribution in [3.05, 3.63) is 75.7 Å². The maximum atomic E-state index is 9.95. The molecule has 0 spiro atoms. The van der Waals surface area contributed by atoms with E-state index in [0.29, 0.717) is 24.9 Å². The van der Waals surface area contributed by atoms with Crippen molar-refractivity contribution in [1.82, 2.24) is 5.48 Å². The van der Waals surface area contributed by atoms with Gasteiger partial charge in [0, 0.05) is 16.5 Å². The second-order valence-electron chi connectivity index (χ2n) is 8.07. The molecule has 1 aliphatic rings. The van der Waals surface area contributed by atoms with Gasteiger partial charge in [0.25, 0.3) is 6.47 Å². The summed E-state index contributed by atoms with van der Waals surface area (Å²) >= 11 is 9.62. The molecule has 186 valence electrons. The van der Waals surface area contributed by atoms with Gasteiger partial charge in [0.1, 0.15) is 0 Å². The number of hydrogen-bond acceptors (Lipinski definition) is 6. The number of carbonyl (C=O) groups excluding carboxylic acids is 1. The molecular weight excluding hydrogens is 486 g/mol. The Morgan fingerprint density at radius 1 is 1.32 bits per heavy atom. The van der Waals surface area contributed by atoms with Gasteiger partial charge in [-0.25, -0.2) is 0 Å². The Bertz CT molecular complexity index is 927. The number of rotatable bonds is 11. The van der Waals surface area contributed by atoms with Crippen LogP contribution in [0, 0.1) is 12.8 Å². The minimum absolute atomic E-state index is 0.0263. The van der Waals surface area contributed by atoms with E-state index in [9.17, 15) is 10.0 Å². The Balaban J connectivity index is 0.000000604. The number of ether oxygens (including phenoxy) is 1. The van der Waals surface area contributed by atoms with Crippen molar-refractivity contribution in [3.8, 4) is 0 Å². The van der Waals surface area contributed by atoms with Crippen molar-refractivity contribution in [2.24, 2.45) is 5.92 Å². The molecule has 1 aromatic carbocycles. The predicted octanol–water partition coefficient (Wildman–Crippen LogP) is 7.63. The van der Waals surface area contributed by atoms with Crippen molar-refractivity contribution >= 4 is 41.2 Å². The first-order valence-electron chi connectivity index (χ1n) is 11.8. The molecule has 1 heterocycles. The smallest absolute Gasteiger partial charge is 0.293 e. The molecule has 0 aliphatic heterocycles. The van der Waals surface area contributed by atoms with E-state index in [0.717, 1.165) is 31.4 Å². The van der Waals surface area contributed by atoms with Gasteiger partial charge in [-0.3, -0.25) is 4.79 Å². The van der Waals surface area contributed by atoms with Gasteiger partial charge < -0.3 is 9.94 Å². The van der Waals surface area contributed by atoms with Crippen LogP contribution in [0.1, 0.15) is 60.7 Å². The first kappa shape index (κ1) is 28.7. The molecule has 2 N–H and O–H groups in total. The third kappa shape index (κ3) is 8.58. The van der Waals surface area contributed by atoms with Crippen molar-refractivity contribution in [2.75, 3.05) is 12.5 Å². The summed E-state index contributed by atoms with van der Waals surface area (Å²) in [5.41, 5.74) is 7.98. The molecule has 7 heteroatoms. The second kappa shape index (κ2) is 16.2. The molecule has 2 atom stereocenters. The van der Waals surface area contributed by atoms with Crippen molar-refractivity contribution < 1.29 is 14.7 Å². The third-order valence-electron chi connectivity index (χ3n) is 5.60. The molecule has 34 heavy (non-hydrogen) atoms. The standard InChI is InChI=1S/C23H28ClNOS2.C4H8O2/c1-3-8-18(11-7-12-24)19-13-20-16(2)28-23(22(20)21(14-19)25-26)27-15-17-9-5-4-6-10-17;1-2-3-6-4-5/h4-11,19,21,25-26H,3,12-15H2,1-2H3;4H,2-3H2,1H3/b11-7-,18-8+;. The van der Waals surface area contributed by atoms with Gasteiger partial charge in [0.15, 0.2) is 0 Å². The third-order valence-corrected chi connectivity index (χ3v) is 8.30. The first-order chi connectivity index (χ1) is 16.6. The molecule has 2 unspecified atom stereocenters. The molecule has 0 saturated carbocycles. The Labute approximate surface area is 217 Å². The number of fused-ring (bicyclic) bond motifs is 1. The highest BCUT2D eigenvalue weighted by molar-refractivity contribution is 8.00. The fourth-order valence-corrected chi connectivity index (χ4v) is 6.82. The topological polar surface area (TPSA) is 58.6 Å². The average molecular weight is 522 g/mol. The fraction of sp³-hybridized carbons (Fsp3) is 0.444. The number of nitrogens with one attached hydrogen (secondary N) is 1. The number of halogens is 1. The maximum Gasteiger partial charge on any atom is 0.293 e. The number of aryl methyl sites for hydroxylation is 1. The predicted molar refractivity (Wildman–Crippen MR) is 145 cm³/mol. The van der Waals surface area contributed by atoms with Crippen LogP contribution in [0.25, 0.3) is 0 Å². The van der Waals surface area contributed by atoms with Gasteiger partial charge in [0.2, 0.25) is 0 Å². The van der Waals surface area contributed by atoms with Crippen LogP contribution >= 0.6 is 34.7 Å². The minimum atomic E-state index is -0.0263. The van der Waals surface area contributed by atoms with E-state index in [1.54, 1.807) is 0 Å². The van der Waals surface area contributed by atoms with Crippen LogP contribution in [0.15, 0.2) is 58.3 Å². The zero-order valence-electron chi connectivity index (χ0n) is 20.3. The lowest BCUT2D eigenvalue weighted by atomic mass is 9.78. The molecule has 0 radical (unpaired) electrons. The van der Waals surface area contributed by atoms with Gasteiger partial charge in [-0.2, -0.15) is 5.48 Å². The summed E-state index contributed by atoms with van der Waals surface area (Å²) in [7, 11) is 0. The number of hydroxylamine groups is 1. The van der Waals surface area contributed by atoms with Crippen LogP contribution in [0.2, 0.25) is 0 Å². The average Bonchev–Trinajstić information content (AvgIpc) is 3.19.